The minimum absolute atomic E-state index is 0.0178. The van der Waals surface area contributed by atoms with Crippen LogP contribution in [0.4, 0.5) is 0 Å². The van der Waals surface area contributed by atoms with E-state index in [0.29, 0.717) is 30.2 Å². The number of nitrogens with zero attached hydrogens (tertiary/aromatic N) is 3. The van der Waals surface area contributed by atoms with Gasteiger partial charge in [0.15, 0.2) is 0 Å². The quantitative estimate of drug-likeness (QED) is 0.609. The van der Waals surface area contributed by atoms with Gasteiger partial charge in [-0.1, -0.05) is 25.9 Å². The molecule has 4 rings (SSSR count). The van der Waals surface area contributed by atoms with E-state index < -0.39 is 0 Å². The standard InChI is InChI=1S/C24H35N5O3/c1-24(2,3)13-19-20-17(12-18(15-7-8-15)27-23(20)32-28-19)22(31)26-9-5-11-29-10-4-6-16(14-29)21(25)30/h12,15-16H,4-11,13-14H2,1-3H3,(H2,25,30)(H,26,31). The first-order valence-electron chi connectivity index (χ1n) is 11.8. The Kier molecular flexibility index (Phi) is 6.51. The zero-order valence-corrected chi connectivity index (χ0v) is 19.4. The van der Waals surface area contributed by atoms with Crippen LogP contribution in [0.3, 0.4) is 0 Å². The van der Waals surface area contributed by atoms with Crippen LogP contribution in [0.2, 0.25) is 0 Å². The van der Waals surface area contributed by atoms with Gasteiger partial charge in [0.05, 0.1) is 22.6 Å². The molecule has 1 saturated heterocycles. The lowest BCUT2D eigenvalue weighted by Crippen LogP contribution is -2.42. The average Bonchev–Trinajstić information content (AvgIpc) is 3.52. The number of hydrogen-bond donors (Lipinski definition) is 2. The molecule has 32 heavy (non-hydrogen) atoms. The third-order valence-corrected chi connectivity index (χ3v) is 6.32. The van der Waals surface area contributed by atoms with Gasteiger partial charge in [-0.3, -0.25) is 9.59 Å². The molecule has 2 aliphatic rings. The number of carbonyl (C=O) groups excluding carboxylic acids is 2. The summed E-state index contributed by atoms with van der Waals surface area (Å²) in [4.78, 5) is 31.6. The lowest BCUT2D eigenvalue weighted by molar-refractivity contribution is -0.123. The van der Waals surface area contributed by atoms with Gasteiger partial charge in [-0.15, -0.1) is 0 Å². The third-order valence-electron chi connectivity index (χ3n) is 6.32. The maximum Gasteiger partial charge on any atom is 0.259 e. The molecular weight excluding hydrogens is 406 g/mol. The Morgan fingerprint density at radius 1 is 1.28 bits per heavy atom. The molecule has 1 saturated carbocycles. The van der Waals surface area contributed by atoms with Crippen LogP contribution < -0.4 is 11.1 Å². The molecular formula is C24H35N5O3. The van der Waals surface area contributed by atoms with E-state index >= 15 is 0 Å². The number of likely N-dealkylation sites (tertiary alicyclic amines) is 1. The summed E-state index contributed by atoms with van der Waals surface area (Å²) < 4.78 is 5.55. The van der Waals surface area contributed by atoms with Crippen molar-refractivity contribution in [2.75, 3.05) is 26.2 Å². The summed E-state index contributed by atoms with van der Waals surface area (Å²) in [5, 5.41) is 8.08. The van der Waals surface area contributed by atoms with Gasteiger partial charge in [-0.05, 0) is 63.1 Å². The van der Waals surface area contributed by atoms with Crippen molar-refractivity contribution in [2.45, 2.75) is 65.2 Å². The van der Waals surface area contributed by atoms with Crippen molar-refractivity contribution in [3.63, 3.8) is 0 Å². The van der Waals surface area contributed by atoms with Crippen LogP contribution in [0.1, 0.15) is 80.5 Å². The Morgan fingerprint density at radius 3 is 2.75 bits per heavy atom. The molecule has 174 valence electrons. The van der Waals surface area contributed by atoms with Gasteiger partial charge in [0, 0.05) is 24.7 Å². The number of fused-ring (bicyclic) bond motifs is 1. The number of nitrogens with one attached hydrogen (secondary N) is 1. The topological polar surface area (TPSA) is 114 Å². The van der Waals surface area contributed by atoms with Crippen molar-refractivity contribution in [3.05, 3.63) is 23.0 Å². The van der Waals surface area contributed by atoms with Crippen molar-refractivity contribution in [2.24, 2.45) is 17.1 Å². The van der Waals surface area contributed by atoms with E-state index in [0.717, 1.165) is 68.5 Å². The van der Waals surface area contributed by atoms with Crippen LogP contribution in [-0.4, -0.2) is 53.0 Å². The number of aromatic nitrogens is 2. The number of nitrogens with two attached hydrogens (primary N) is 1. The highest BCUT2D eigenvalue weighted by atomic mass is 16.5. The third kappa shape index (κ3) is 5.46. The molecule has 1 atom stereocenters. The zero-order chi connectivity index (χ0) is 22.9. The van der Waals surface area contributed by atoms with Gasteiger partial charge in [0.1, 0.15) is 0 Å². The Labute approximate surface area is 189 Å². The predicted octanol–water partition coefficient (Wildman–Crippen LogP) is 3.01. The predicted molar refractivity (Wildman–Crippen MR) is 122 cm³/mol. The summed E-state index contributed by atoms with van der Waals surface area (Å²) in [6.45, 7) is 9.53. The number of rotatable bonds is 8. The summed E-state index contributed by atoms with van der Waals surface area (Å²) in [6.07, 6.45) is 5.60. The van der Waals surface area contributed by atoms with Gasteiger partial charge in [0.2, 0.25) is 5.91 Å². The molecule has 0 bridgehead atoms. The first kappa shape index (κ1) is 22.7. The van der Waals surface area contributed by atoms with Crippen molar-refractivity contribution >= 4 is 22.9 Å². The lowest BCUT2D eigenvalue weighted by Gasteiger charge is -2.31. The van der Waals surface area contributed by atoms with E-state index in [1.54, 1.807) is 0 Å². The summed E-state index contributed by atoms with van der Waals surface area (Å²) >= 11 is 0. The molecule has 0 aromatic carbocycles. The largest absolute Gasteiger partial charge is 0.369 e. The molecule has 2 amide bonds. The van der Waals surface area contributed by atoms with E-state index in [2.05, 4.69) is 41.1 Å². The van der Waals surface area contributed by atoms with Crippen LogP contribution in [0, 0.1) is 11.3 Å². The number of piperidine rings is 1. The highest BCUT2D eigenvalue weighted by Gasteiger charge is 2.30. The van der Waals surface area contributed by atoms with Crippen molar-refractivity contribution in [1.82, 2.24) is 20.4 Å². The van der Waals surface area contributed by atoms with Crippen molar-refractivity contribution in [1.29, 1.82) is 0 Å². The highest BCUT2D eigenvalue weighted by Crippen LogP contribution is 2.41. The second-order valence-corrected chi connectivity index (χ2v) is 10.6. The maximum absolute atomic E-state index is 13.2. The fourth-order valence-corrected chi connectivity index (χ4v) is 4.51. The van der Waals surface area contributed by atoms with Crippen LogP contribution in [0.25, 0.3) is 11.1 Å². The molecule has 2 aromatic heterocycles. The Bertz CT molecular complexity index is 989. The second-order valence-electron chi connectivity index (χ2n) is 10.6. The van der Waals surface area contributed by atoms with E-state index in [1.807, 2.05) is 6.07 Å². The van der Waals surface area contributed by atoms with E-state index in [-0.39, 0.29) is 23.1 Å². The SMILES string of the molecule is CC(C)(C)Cc1noc2nc(C3CC3)cc(C(=O)NCCCN3CCCC(C(N)=O)C3)c12. The van der Waals surface area contributed by atoms with E-state index in [1.165, 1.54) is 0 Å². The Balaban J connectivity index is 1.43. The normalized spacial score (nSPS) is 19.9. The van der Waals surface area contributed by atoms with E-state index in [4.69, 9.17) is 10.3 Å². The molecule has 1 unspecified atom stereocenters. The first-order valence-corrected chi connectivity index (χ1v) is 11.8. The van der Waals surface area contributed by atoms with Crippen LogP contribution in [0.15, 0.2) is 10.6 Å². The first-order chi connectivity index (χ1) is 15.2. The molecule has 1 aliphatic carbocycles. The van der Waals surface area contributed by atoms with Gasteiger partial charge in [-0.25, -0.2) is 4.98 Å². The molecule has 0 radical (unpaired) electrons. The minimum Gasteiger partial charge on any atom is -0.369 e. The summed E-state index contributed by atoms with van der Waals surface area (Å²) in [6, 6.07) is 1.93. The van der Waals surface area contributed by atoms with Crippen LogP contribution in [-0.2, 0) is 11.2 Å². The number of hydrogen-bond acceptors (Lipinski definition) is 6. The lowest BCUT2D eigenvalue weighted by atomic mass is 9.89. The molecule has 2 fully saturated rings. The van der Waals surface area contributed by atoms with Crippen LogP contribution in [0.5, 0.6) is 0 Å². The summed E-state index contributed by atoms with van der Waals surface area (Å²) in [7, 11) is 0. The molecule has 8 nitrogen and oxygen atoms in total. The molecule has 3 N–H and O–H groups in total. The number of primary amides is 1. The van der Waals surface area contributed by atoms with Gasteiger partial charge < -0.3 is 20.5 Å². The molecule has 2 aromatic rings. The van der Waals surface area contributed by atoms with Gasteiger partial charge in [-0.2, -0.15) is 0 Å². The Morgan fingerprint density at radius 2 is 2.06 bits per heavy atom. The smallest absolute Gasteiger partial charge is 0.259 e. The van der Waals surface area contributed by atoms with Gasteiger partial charge in [0.25, 0.3) is 11.6 Å². The molecule has 3 heterocycles. The fraction of sp³-hybridized carbons (Fsp3) is 0.667. The summed E-state index contributed by atoms with van der Waals surface area (Å²) in [5.74, 6) is 0.0424. The molecule has 0 spiro atoms. The van der Waals surface area contributed by atoms with Crippen molar-refractivity contribution < 1.29 is 14.1 Å². The maximum atomic E-state index is 13.2. The molecule has 8 heteroatoms. The van der Waals surface area contributed by atoms with Crippen LogP contribution >= 0.6 is 0 Å². The van der Waals surface area contributed by atoms with Gasteiger partial charge >= 0.3 is 0 Å². The number of carbonyl (C=O) groups is 2. The summed E-state index contributed by atoms with van der Waals surface area (Å²) in [5.41, 5.74) is 8.28. The second kappa shape index (κ2) is 9.17. The molecule has 1 aliphatic heterocycles. The minimum atomic E-state index is -0.212. The van der Waals surface area contributed by atoms with Crippen molar-refractivity contribution in [3.8, 4) is 0 Å². The monoisotopic (exact) mass is 441 g/mol. The number of pyridine rings is 1. The zero-order valence-electron chi connectivity index (χ0n) is 19.4. The highest BCUT2D eigenvalue weighted by molar-refractivity contribution is 6.06. The average molecular weight is 442 g/mol. The number of amides is 2. The fourth-order valence-electron chi connectivity index (χ4n) is 4.51. The Hall–Kier alpha value is -2.48. The van der Waals surface area contributed by atoms with E-state index in [9.17, 15) is 9.59 Å².